The number of aromatic nitrogens is 4. The molecular formula is C17H21FN6O. The highest BCUT2D eigenvalue weighted by Gasteiger charge is 2.46. The van der Waals surface area contributed by atoms with Gasteiger partial charge in [-0.15, -0.1) is 0 Å². The number of hydrogen-bond acceptors (Lipinski definition) is 7. The smallest absolute Gasteiger partial charge is 0.225 e. The summed E-state index contributed by atoms with van der Waals surface area (Å²) in [5.74, 6) is 0.834. The number of fused-ring (bicyclic) bond motifs is 2. The molecule has 2 aliphatic heterocycles. The summed E-state index contributed by atoms with van der Waals surface area (Å²) in [6, 6.07) is 0. The van der Waals surface area contributed by atoms with E-state index in [1.54, 1.807) is 0 Å². The minimum absolute atomic E-state index is 0.205. The predicted octanol–water partition coefficient (Wildman–Crippen LogP) is 1.46. The van der Waals surface area contributed by atoms with Gasteiger partial charge in [-0.05, 0) is 13.3 Å². The second-order valence-corrected chi connectivity index (χ2v) is 6.98. The third kappa shape index (κ3) is 2.70. The van der Waals surface area contributed by atoms with Crippen LogP contribution in [0.25, 0.3) is 0 Å². The molecule has 0 radical (unpaired) electrons. The zero-order chi connectivity index (χ0) is 17.6. The van der Waals surface area contributed by atoms with E-state index in [1.807, 2.05) is 25.9 Å². The highest BCUT2D eigenvalue weighted by atomic mass is 19.1. The number of rotatable bonds is 2. The fourth-order valence-electron chi connectivity index (χ4n) is 3.63. The number of ether oxygens (including phenoxy) is 1. The van der Waals surface area contributed by atoms with Gasteiger partial charge in [-0.3, -0.25) is 0 Å². The maximum absolute atomic E-state index is 13.1. The van der Waals surface area contributed by atoms with Gasteiger partial charge in [0.05, 0.1) is 36.7 Å². The number of nitrogens with zero attached hydrogens (tertiary/aromatic N) is 6. The summed E-state index contributed by atoms with van der Waals surface area (Å²) >= 11 is 0. The van der Waals surface area contributed by atoms with Crippen LogP contribution in [-0.4, -0.2) is 53.7 Å². The maximum Gasteiger partial charge on any atom is 0.225 e. The van der Waals surface area contributed by atoms with Crippen LogP contribution in [0.15, 0.2) is 12.4 Å². The van der Waals surface area contributed by atoms with Crippen molar-refractivity contribution in [1.29, 1.82) is 0 Å². The molecule has 0 amide bonds. The van der Waals surface area contributed by atoms with E-state index >= 15 is 0 Å². The van der Waals surface area contributed by atoms with Crippen LogP contribution in [0.4, 0.5) is 16.3 Å². The highest BCUT2D eigenvalue weighted by Crippen LogP contribution is 2.41. The predicted molar refractivity (Wildman–Crippen MR) is 91.3 cm³/mol. The largest absolute Gasteiger partial charge is 0.376 e. The zero-order valence-corrected chi connectivity index (χ0v) is 14.7. The second kappa shape index (κ2) is 5.87. The summed E-state index contributed by atoms with van der Waals surface area (Å²) in [7, 11) is 3.89. The van der Waals surface area contributed by atoms with Gasteiger partial charge < -0.3 is 14.5 Å². The Morgan fingerprint density at radius 1 is 1.24 bits per heavy atom. The maximum atomic E-state index is 13.1. The molecule has 0 aliphatic carbocycles. The van der Waals surface area contributed by atoms with Crippen LogP contribution in [0.3, 0.4) is 0 Å². The average Bonchev–Trinajstić information content (AvgIpc) is 3.01. The van der Waals surface area contributed by atoms with E-state index in [-0.39, 0.29) is 5.41 Å². The first-order chi connectivity index (χ1) is 12.0. The van der Waals surface area contributed by atoms with E-state index in [9.17, 15) is 4.39 Å². The van der Waals surface area contributed by atoms with Crippen molar-refractivity contribution in [1.82, 2.24) is 19.9 Å². The van der Waals surface area contributed by atoms with Crippen LogP contribution >= 0.6 is 0 Å². The van der Waals surface area contributed by atoms with E-state index in [0.29, 0.717) is 31.7 Å². The van der Waals surface area contributed by atoms with Crippen LogP contribution < -0.4 is 9.80 Å². The van der Waals surface area contributed by atoms with Crippen molar-refractivity contribution in [2.24, 2.45) is 0 Å². The van der Waals surface area contributed by atoms with E-state index in [4.69, 9.17) is 9.72 Å². The molecule has 0 saturated carbocycles. The molecule has 1 saturated heterocycles. The quantitative estimate of drug-likeness (QED) is 0.817. The molecule has 1 atom stereocenters. The van der Waals surface area contributed by atoms with Crippen molar-refractivity contribution in [2.45, 2.75) is 25.4 Å². The topological polar surface area (TPSA) is 67.3 Å². The van der Waals surface area contributed by atoms with Gasteiger partial charge in [0.25, 0.3) is 0 Å². The zero-order valence-electron chi connectivity index (χ0n) is 14.7. The van der Waals surface area contributed by atoms with Crippen LogP contribution in [0, 0.1) is 12.7 Å². The summed E-state index contributed by atoms with van der Waals surface area (Å²) in [5.41, 5.74) is 2.91. The monoisotopic (exact) mass is 344 g/mol. The van der Waals surface area contributed by atoms with Gasteiger partial charge in [-0.1, -0.05) is 0 Å². The van der Waals surface area contributed by atoms with Crippen LogP contribution in [0.2, 0.25) is 0 Å². The Hall–Kier alpha value is -2.35. The lowest BCUT2D eigenvalue weighted by Crippen LogP contribution is -2.41. The molecule has 2 aromatic rings. The summed E-state index contributed by atoms with van der Waals surface area (Å²) in [6.45, 7) is 4.65. The Morgan fingerprint density at radius 3 is 2.72 bits per heavy atom. The van der Waals surface area contributed by atoms with E-state index < -0.39 is 5.82 Å². The number of halogens is 1. The normalized spacial score (nSPS) is 22.3. The fraction of sp³-hybridized carbons (Fsp3) is 0.529. The van der Waals surface area contributed by atoms with Gasteiger partial charge in [-0.25, -0.2) is 24.3 Å². The first-order valence-corrected chi connectivity index (χ1v) is 8.34. The van der Waals surface area contributed by atoms with Gasteiger partial charge in [-0.2, -0.15) is 0 Å². The molecule has 8 heteroatoms. The van der Waals surface area contributed by atoms with Gasteiger partial charge in [0, 0.05) is 38.4 Å². The van der Waals surface area contributed by atoms with Crippen molar-refractivity contribution >= 4 is 11.9 Å². The minimum atomic E-state index is -0.428. The Kier molecular flexibility index (Phi) is 3.79. The van der Waals surface area contributed by atoms with Crippen molar-refractivity contribution in [3.63, 3.8) is 0 Å². The number of aryl methyl sites for hydroxylation is 1. The molecular weight excluding hydrogens is 323 g/mol. The molecule has 2 aliphatic rings. The molecule has 0 bridgehead atoms. The molecule has 1 spiro atoms. The van der Waals surface area contributed by atoms with Crippen molar-refractivity contribution in [2.75, 3.05) is 43.6 Å². The molecule has 0 unspecified atom stereocenters. The third-order valence-electron chi connectivity index (χ3n) is 4.97. The molecule has 25 heavy (non-hydrogen) atoms. The lowest BCUT2D eigenvalue weighted by atomic mass is 9.80. The van der Waals surface area contributed by atoms with E-state index in [0.717, 1.165) is 29.9 Å². The first kappa shape index (κ1) is 16.1. The molecule has 1 fully saturated rings. The molecule has 7 nitrogen and oxygen atoms in total. The highest BCUT2D eigenvalue weighted by molar-refractivity contribution is 5.44. The number of hydrogen-bond donors (Lipinski definition) is 0. The summed E-state index contributed by atoms with van der Waals surface area (Å²) in [5, 5.41) is 0. The molecule has 0 N–H and O–H groups in total. The Bertz CT molecular complexity index is 796. The molecule has 4 heterocycles. The molecule has 2 aromatic heterocycles. The van der Waals surface area contributed by atoms with E-state index in [1.165, 1.54) is 12.4 Å². The van der Waals surface area contributed by atoms with Crippen molar-refractivity contribution in [3.05, 3.63) is 35.2 Å². The van der Waals surface area contributed by atoms with Gasteiger partial charge >= 0.3 is 0 Å². The van der Waals surface area contributed by atoms with Crippen LogP contribution in [0.1, 0.15) is 23.4 Å². The Morgan fingerprint density at radius 2 is 2.00 bits per heavy atom. The fourth-order valence-corrected chi connectivity index (χ4v) is 3.63. The standard InChI is InChI=1S/C17H21FN6O/c1-11-13-8-25-10-17(14(13)22-16(21-11)23(2)3)4-5-24(9-17)15-19-6-12(18)7-20-15/h6-7H,4-5,8-10H2,1-3H3/t17-/m1/s1. The minimum Gasteiger partial charge on any atom is -0.376 e. The van der Waals surface area contributed by atoms with Gasteiger partial charge in [0.1, 0.15) is 0 Å². The summed E-state index contributed by atoms with van der Waals surface area (Å²) in [6.07, 6.45) is 3.30. The Balaban J connectivity index is 1.72. The number of anilines is 2. The van der Waals surface area contributed by atoms with Gasteiger partial charge in [0.2, 0.25) is 11.9 Å². The molecule has 4 rings (SSSR count). The van der Waals surface area contributed by atoms with Crippen molar-refractivity contribution in [3.8, 4) is 0 Å². The van der Waals surface area contributed by atoms with E-state index in [2.05, 4.69) is 19.9 Å². The average molecular weight is 344 g/mol. The second-order valence-electron chi connectivity index (χ2n) is 6.98. The summed E-state index contributed by atoms with van der Waals surface area (Å²) < 4.78 is 19.0. The molecule has 0 aromatic carbocycles. The SMILES string of the molecule is Cc1nc(N(C)C)nc2c1COC[C@]21CCN(c2ncc(F)cn2)C1. The third-order valence-corrected chi connectivity index (χ3v) is 4.97. The lowest BCUT2D eigenvalue weighted by Gasteiger charge is -2.35. The molecule has 132 valence electrons. The lowest BCUT2D eigenvalue weighted by molar-refractivity contribution is 0.0552. The summed E-state index contributed by atoms with van der Waals surface area (Å²) in [4.78, 5) is 21.7. The van der Waals surface area contributed by atoms with Crippen molar-refractivity contribution < 1.29 is 9.13 Å². The van der Waals surface area contributed by atoms with Gasteiger partial charge in [0.15, 0.2) is 5.82 Å². The Labute approximate surface area is 145 Å². The van der Waals surface area contributed by atoms with Crippen LogP contribution in [0.5, 0.6) is 0 Å². The van der Waals surface area contributed by atoms with Crippen LogP contribution in [-0.2, 0) is 16.8 Å². The first-order valence-electron chi connectivity index (χ1n) is 8.34.